The lowest BCUT2D eigenvalue weighted by Crippen LogP contribution is -2.44. The lowest BCUT2D eigenvalue weighted by Gasteiger charge is -2.32. The highest BCUT2D eigenvalue weighted by Gasteiger charge is 2.18. The molecule has 0 aromatic carbocycles. The summed E-state index contributed by atoms with van der Waals surface area (Å²) in [6.07, 6.45) is -0.711. The molecular weight excluding hydrogens is 158 g/mol. The summed E-state index contributed by atoms with van der Waals surface area (Å²) in [5, 5.41) is 8.97. The Morgan fingerprint density at radius 3 is 2.42 bits per heavy atom. The van der Waals surface area contributed by atoms with Gasteiger partial charge in [0.15, 0.2) is 6.29 Å². The molecule has 0 aromatic heterocycles. The van der Waals surface area contributed by atoms with Crippen LogP contribution in [0.15, 0.2) is 0 Å². The van der Waals surface area contributed by atoms with E-state index in [0.717, 1.165) is 26.3 Å². The maximum atomic E-state index is 8.97. The molecule has 2 atom stereocenters. The Labute approximate surface area is 73.1 Å². The molecule has 0 saturated carbocycles. The summed E-state index contributed by atoms with van der Waals surface area (Å²) in [6, 6.07) is 0. The zero-order chi connectivity index (χ0) is 8.97. The first-order valence-electron chi connectivity index (χ1n) is 4.35. The summed E-state index contributed by atoms with van der Waals surface area (Å²) in [6.45, 7) is 6.85. The normalized spacial score (nSPS) is 25.2. The summed E-state index contributed by atoms with van der Waals surface area (Å²) in [5.74, 6) is 0. The van der Waals surface area contributed by atoms with Crippen LogP contribution in [0.4, 0.5) is 0 Å². The van der Waals surface area contributed by atoms with Gasteiger partial charge in [-0.3, -0.25) is 4.90 Å². The molecule has 1 heterocycles. The van der Waals surface area contributed by atoms with Crippen LogP contribution in [-0.2, 0) is 9.47 Å². The Kier molecular flexibility index (Phi) is 3.94. The quantitative estimate of drug-likeness (QED) is 0.614. The van der Waals surface area contributed by atoms with Gasteiger partial charge in [0.05, 0.1) is 13.2 Å². The molecule has 0 amide bonds. The third kappa shape index (κ3) is 3.06. The van der Waals surface area contributed by atoms with Crippen molar-refractivity contribution in [1.82, 2.24) is 4.90 Å². The molecule has 0 aromatic rings. The fourth-order valence-corrected chi connectivity index (χ4v) is 1.31. The number of hydrogen-bond acceptors (Lipinski definition) is 4. The molecule has 1 saturated heterocycles. The summed E-state index contributed by atoms with van der Waals surface area (Å²) < 4.78 is 10.4. The SMILES string of the molecule is CC(O)OC(C)N1CCOCC1. The van der Waals surface area contributed by atoms with E-state index in [4.69, 9.17) is 14.6 Å². The van der Waals surface area contributed by atoms with E-state index in [2.05, 4.69) is 4.90 Å². The van der Waals surface area contributed by atoms with Crippen molar-refractivity contribution >= 4 is 0 Å². The van der Waals surface area contributed by atoms with Crippen LogP contribution in [0.2, 0.25) is 0 Å². The second-order valence-electron chi connectivity index (χ2n) is 2.98. The maximum absolute atomic E-state index is 8.97. The smallest absolute Gasteiger partial charge is 0.153 e. The van der Waals surface area contributed by atoms with Crippen molar-refractivity contribution < 1.29 is 14.6 Å². The largest absolute Gasteiger partial charge is 0.379 e. The number of rotatable bonds is 3. The lowest BCUT2D eigenvalue weighted by atomic mass is 10.4. The highest BCUT2D eigenvalue weighted by molar-refractivity contribution is 4.63. The van der Waals surface area contributed by atoms with Crippen LogP contribution in [0.5, 0.6) is 0 Å². The lowest BCUT2D eigenvalue weighted by molar-refractivity contribution is -0.177. The maximum Gasteiger partial charge on any atom is 0.153 e. The second-order valence-corrected chi connectivity index (χ2v) is 2.98. The van der Waals surface area contributed by atoms with Crippen LogP contribution in [-0.4, -0.2) is 48.8 Å². The molecule has 12 heavy (non-hydrogen) atoms. The summed E-state index contributed by atoms with van der Waals surface area (Å²) in [5.41, 5.74) is 0. The summed E-state index contributed by atoms with van der Waals surface area (Å²) >= 11 is 0. The Morgan fingerprint density at radius 2 is 1.92 bits per heavy atom. The van der Waals surface area contributed by atoms with Crippen molar-refractivity contribution in [3.63, 3.8) is 0 Å². The van der Waals surface area contributed by atoms with E-state index in [-0.39, 0.29) is 6.23 Å². The van der Waals surface area contributed by atoms with E-state index in [9.17, 15) is 0 Å². The standard InChI is InChI=1S/C8H17NO3/c1-7(12-8(2)10)9-3-5-11-6-4-9/h7-8,10H,3-6H2,1-2H3. The zero-order valence-corrected chi connectivity index (χ0v) is 7.69. The van der Waals surface area contributed by atoms with Crippen molar-refractivity contribution in [3.8, 4) is 0 Å². The van der Waals surface area contributed by atoms with Crippen molar-refractivity contribution in [2.75, 3.05) is 26.3 Å². The molecule has 0 bridgehead atoms. The molecule has 0 spiro atoms. The Bertz CT molecular complexity index is 123. The highest BCUT2D eigenvalue weighted by atomic mass is 16.6. The third-order valence-electron chi connectivity index (χ3n) is 1.95. The van der Waals surface area contributed by atoms with Gasteiger partial charge in [-0.2, -0.15) is 0 Å². The van der Waals surface area contributed by atoms with Crippen LogP contribution in [0.3, 0.4) is 0 Å². The molecule has 1 aliphatic rings. The van der Waals surface area contributed by atoms with E-state index in [1.807, 2.05) is 6.92 Å². The average molecular weight is 175 g/mol. The number of aliphatic hydroxyl groups is 1. The first-order valence-corrected chi connectivity index (χ1v) is 4.35. The molecule has 1 rings (SSSR count). The minimum absolute atomic E-state index is 0.0195. The third-order valence-corrected chi connectivity index (χ3v) is 1.95. The van der Waals surface area contributed by atoms with Gasteiger partial charge in [-0.05, 0) is 13.8 Å². The minimum Gasteiger partial charge on any atom is -0.379 e. The van der Waals surface area contributed by atoms with Gasteiger partial charge in [0.1, 0.15) is 6.23 Å². The molecule has 1 aliphatic heterocycles. The monoisotopic (exact) mass is 175 g/mol. The van der Waals surface area contributed by atoms with Crippen LogP contribution in [0, 0.1) is 0 Å². The fourth-order valence-electron chi connectivity index (χ4n) is 1.31. The molecule has 1 fully saturated rings. The molecule has 1 N–H and O–H groups in total. The fraction of sp³-hybridized carbons (Fsp3) is 1.00. The van der Waals surface area contributed by atoms with E-state index in [1.165, 1.54) is 0 Å². The van der Waals surface area contributed by atoms with Gasteiger partial charge in [0.2, 0.25) is 0 Å². The molecule has 72 valence electrons. The van der Waals surface area contributed by atoms with Crippen molar-refractivity contribution in [2.45, 2.75) is 26.4 Å². The predicted octanol–water partition coefficient (Wildman–Crippen LogP) is 0.0195. The number of ether oxygens (including phenoxy) is 2. The summed E-state index contributed by atoms with van der Waals surface area (Å²) in [4.78, 5) is 2.15. The van der Waals surface area contributed by atoms with Gasteiger partial charge in [-0.15, -0.1) is 0 Å². The topological polar surface area (TPSA) is 41.9 Å². The van der Waals surface area contributed by atoms with Gasteiger partial charge in [0, 0.05) is 13.1 Å². The second kappa shape index (κ2) is 4.77. The van der Waals surface area contributed by atoms with E-state index >= 15 is 0 Å². The first kappa shape index (κ1) is 9.92. The number of aliphatic hydroxyl groups excluding tert-OH is 1. The Morgan fingerprint density at radius 1 is 1.33 bits per heavy atom. The highest BCUT2D eigenvalue weighted by Crippen LogP contribution is 2.05. The van der Waals surface area contributed by atoms with Crippen LogP contribution >= 0.6 is 0 Å². The van der Waals surface area contributed by atoms with E-state index in [1.54, 1.807) is 6.92 Å². The van der Waals surface area contributed by atoms with Gasteiger partial charge < -0.3 is 14.6 Å². The van der Waals surface area contributed by atoms with Crippen molar-refractivity contribution in [2.24, 2.45) is 0 Å². The number of morpholine rings is 1. The Balaban J connectivity index is 2.24. The molecule has 4 heteroatoms. The van der Waals surface area contributed by atoms with Gasteiger partial charge in [0.25, 0.3) is 0 Å². The number of nitrogens with zero attached hydrogens (tertiary/aromatic N) is 1. The van der Waals surface area contributed by atoms with Gasteiger partial charge >= 0.3 is 0 Å². The van der Waals surface area contributed by atoms with Crippen molar-refractivity contribution in [3.05, 3.63) is 0 Å². The van der Waals surface area contributed by atoms with Gasteiger partial charge in [-0.25, -0.2) is 0 Å². The molecule has 0 aliphatic carbocycles. The zero-order valence-electron chi connectivity index (χ0n) is 7.69. The van der Waals surface area contributed by atoms with E-state index in [0.29, 0.717) is 0 Å². The Hall–Kier alpha value is -0.160. The number of hydrogen-bond donors (Lipinski definition) is 1. The predicted molar refractivity (Wildman–Crippen MR) is 44.6 cm³/mol. The molecule has 4 nitrogen and oxygen atoms in total. The van der Waals surface area contributed by atoms with Crippen LogP contribution in [0.25, 0.3) is 0 Å². The summed E-state index contributed by atoms with van der Waals surface area (Å²) in [7, 11) is 0. The molecule has 0 radical (unpaired) electrons. The minimum atomic E-state index is -0.692. The van der Waals surface area contributed by atoms with Crippen molar-refractivity contribution in [1.29, 1.82) is 0 Å². The van der Waals surface area contributed by atoms with Crippen LogP contribution in [0.1, 0.15) is 13.8 Å². The van der Waals surface area contributed by atoms with Crippen LogP contribution < -0.4 is 0 Å². The molecular formula is C8H17NO3. The average Bonchev–Trinajstić information content (AvgIpc) is 2.05. The van der Waals surface area contributed by atoms with E-state index < -0.39 is 6.29 Å². The van der Waals surface area contributed by atoms with Gasteiger partial charge in [-0.1, -0.05) is 0 Å². The first-order chi connectivity index (χ1) is 5.70. The molecule has 2 unspecified atom stereocenters.